The fourth-order valence-electron chi connectivity index (χ4n) is 2.52. The van der Waals surface area contributed by atoms with Crippen LogP contribution in [0.1, 0.15) is 66.5 Å². The molecule has 3 nitrogen and oxygen atoms in total. The van der Waals surface area contributed by atoms with Crippen molar-refractivity contribution in [2.45, 2.75) is 71.1 Å². The van der Waals surface area contributed by atoms with Gasteiger partial charge >= 0.3 is 0 Å². The summed E-state index contributed by atoms with van der Waals surface area (Å²) in [6.07, 6.45) is 0. The molecule has 126 valence electrons. The van der Waals surface area contributed by atoms with Crippen LogP contribution >= 0.6 is 0 Å². The van der Waals surface area contributed by atoms with Gasteiger partial charge in [-0.05, 0) is 28.0 Å². The van der Waals surface area contributed by atoms with Gasteiger partial charge in [-0.1, -0.05) is 67.5 Å². The van der Waals surface area contributed by atoms with Gasteiger partial charge in [-0.15, -0.1) is 0 Å². The average molecular weight is 326 g/mol. The summed E-state index contributed by atoms with van der Waals surface area (Å²) < 4.78 is 27.7. The minimum atomic E-state index is -3.46. The molecular weight excluding hydrogens is 294 g/mol. The van der Waals surface area contributed by atoms with Crippen molar-refractivity contribution in [1.82, 2.24) is 4.31 Å². The molecule has 0 aliphatic rings. The van der Waals surface area contributed by atoms with Crippen molar-refractivity contribution in [2.24, 2.45) is 0 Å². The molecule has 0 spiro atoms. The average Bonchev–Trinajstić information content (AvgIpc) is 2.37. The molecule has 0 saturated heterocycles. The van der Waals surface area contributed by atoms with Crippen LogP contribution in [0.25, 0.3) is 0 Å². The van der Waals surface area contributed by atoms with E-state index in [-0.39, 0.29) is 10.8 Å². The molecule has 0 atom stereocenters. The summed E-state index contributed by atoms with van der Waals surface area (Å²) in [7, 11) is -3.46. The predicted molar refractivity (Wildman–Crippen MR) is 93.9 cm³/mol. The number of hydrogen-bond donors (Lipinski definition) is 0. The van der Waals surface area contributed by atoms with E-state index < -0.39 is 10.0 Å². The largest absolute Gasteiger partial charge is 0.243 e. The molecular formula is C18H31NO2S. The molecule has 0 aliphatic heterocycles. The summed E-state index contributed by atoms with van der Waals surface area (Å²) in [4.78, 5) is 0.455. The normalized spacial score (nSPS) is 13.7. The van der Waals surface area contributed by atoms with Crippen molar-refractivity contribution in [3.05, 3.63) is 29.3 Å². The van der Waals surface area contributed by atoms with Gasteiger partial charge in [-0.25, -0.2) is 8.42 Å². The lowest BCUT2D eigenvalue weighted by atomic mass is 9.82. The van der Waals surface area contributed by atoms with Crippen molar-refractivity contribution in [2.75, 3.05) is 13.1 Å². The maximum absolute atomic E-state index is 13.1. The first-order valence-corrected chi connectivity index (χ1v) is 9.44. The highest BCUT2D eigenvalue weighted by molar-refractivity contribution is 7.89. The second-order valence-corrected chi connectivity index (χ2v) is 9.71. The maximum atomic E-state index is 13.1. The quantitative estimate of drug-likeness (QED) is 0.827. The van der Waals surface area contributed by atoms with Crippen LogP contribution in [0.2, 0.25) is 0 Å². The molecule has 0 amide bonds. The zero-order valence-corrected chi connectivity index (χ0v) is 16.1. The van der Waals surface area contributed by atoms with Gasteiger partial charge in [0.2, 0.25) is 10.0 Å². The molecule has 1 rings (SSSR count). The lowest BCUT2D eigenvalue weighted by molar-refractivity contribution is 0.441. The van der Waals surface area contributed by atoms with Gasteiger partial charge in [0.25, 0.3) is 0 Å². The van der Waals surface area contributed by atoms with Crippen LogP contribution < -0.4 is 0 Å². The zero-order valence-electron chi connectivity index (χ0n) is 15.3. The minimum Gasteiger partial charge on any atom is -0.207 e. The monoisotopic (exact) mass is 325 g/mol. The van der Waals surface area contributed by atoms with Crippen LogP contribution in [0.5, 0.6) is 0 Å². The van der Waals surface area contributed by atoms with E-state index in [1.807, 2.05) is 26.0 Å². The number of hydrogen-bond acceptors (Lipinski definition) is 2. The molecule has 4 heteroatoms. The first-order chi connectivity index (χ1) is 9.85. The van der Waals surface area contributed by atoms with Gasteiger partial charge in [0.1, 0.15) is 0 Å². The Hall–Kier alpha value is -0.870. The Morgan fingerprint density at radius 2 is 1.41 bits per heavy atom. The van der Waals surface area contributed by atoms with Crippen LogP contribution in [0.4, 0.5) is 0 Å². The highest BCUT2D eigenvalue weighted by atomic mass is 32.2. The molecule has 0 aliphatic carbocycles. The molecule has 0 unspecified atom stereocenters. The Morgan fingerprint density at radius 1 is 0.909 bits per heavy atom. The first-order valence-electron chi connectivity index (χ1n) is 8.00. The first kappa shape index (κ1) is 19.2. The topological polar surface area (TPSA) is 37.4 Å². The third kappa shape index (κ3) is 3.90. The second kappa shape index (κ2) is 6.32. The van der Waals surface area contributed by atoms with E-state index in [2.05, 4.69) is 47.6 Å². The van der Waals surface area contributed by atoms with E-state index in [0.717, 1.165) is 11.1 Å². The lowest BCUT2D eigenvalue weighted by Gasteiger charge is -2.29. The van der Waals surface area contributed by atoms with E-state index in [1.54, 1.807) is 0 Å². The van der Waals surface area contributed by atoms with Crippen LogP contribution in [0.3, 0.4) is 0 Å². The SMILES string of the molecule is CCN(CC)S(=O)(=O)c1cc(C(C)(C)C)ccc1C(C)(C)C. The smallest absolute Gasteiger partial charge is 0.207 e. The standard InChI is InChI=1S/C18H31NO2S/c1-9-19(10-2)22(20,21)16-13-14(17(3,4)5)11-12-15(16)18(6,7)8/h11-13H,9-10H2,1-8H3. The van der Waals surface area contributed by atoms with Gasteiger partial charge in [0.15, 0.2) is 0 Å². The second-order valence-electron chi connectivity index (χ2n) is 7.80. The number of rotatable bonds is 4. The molecule has 22 heavy (non-hydrogen) atoms. The van der Waals surface area contributed by atoms with Gasteiger partial charge in [-0.3, -0.25) is 0 Å². The molecule has 0 N–H and O–H groups in total. The molecule has 0 fully saturated rings. The van der Waals surface area contributed by atoms with E-state index in [9.17, 15) is 8.42 Å². The van der Waals surface area contributed by atoms with Crippen molar-refractivity contribution in [3.8, 4) is 0 Å². The Labute approximate surface area is 136 Å². The Kier molecular flexibility index (Phi) is 5.51. The number of benzene rings is 1. The fourth-order valence-corrected chi connectivity index (χ4v) is 4.41. The lowest BCUT2D eigenvalue weighted by Crippen LogP contribution is -2.33. The summed E-state index contributed by atoms with van der Waals surface area (Å²) in [6, 6.07) is 5.91. The third-order valence-electron chi connectivity index (χ3n) is 3.98. The molecule has 1 aromatic rings. The van der Waals surface area contributed by atoms with Crippen molar-refractivity contribution in [1.29, 1.82) is 0 Å². The van der Waals surface area contributed by atoms with E-state index in [1.165, 1.54) is 4.31 Å². The van der Waals surface area contributed by atoms with Crippen molar-refractivity contribution >= 4 is 10.0 Å². The molecule has 0 saturated carbocycles. The number of sulfonamides is 1. The molecule has 0 aromatic heterocycles. The van der Waals surface area contributed by atoms with Gasteiger partial charge in [0.05, 0.1) is 4.90 Å². The molecule has 0 radical (unpaired) electrons. The van der Waals surface area contributed by atoms with Crippen LogP contribution in [-0.4, -0.2) is 25.8 Å². The van der Waals surface area contributed by atoms with Crippen LogP contribution in [0.15, 0.2) is 23.1 Å². The minimum absolute atomic E-state index is 0.0794. The van der Waals surface area contributed by atoms with Crippen molar-refractivity contribution in [3.63, 3.8) is 0 Å². The molecule has 0 heterocycles. The molecule has 1 aromatic carbocycles. The summed E-state index contributed by atoms with van der Waals surface area (Å²) >= 11 is 0. The Bertz CT molecular complexity index is 615. The number of nitrogens with zero attached hydrogens (tertiary/aromatic N) is 1. The van der Waals surface area contributed by atoms with E-state index in [0.29, 0.717) is 18.0 Å². The van der Waals surface area contributed by atoms with E-state index >= 15 is 0 Å². The van der Waals surface area contributed by atoms with Crippen LogP contribution in [-0.2, 0) is 20.9 Å². The Morgan fingerprint density at radius 3 is 1.77 bits per heavy atom. The van der Waals surface area contributed by atoms with Gasteiger partial charge < -0.3 is 0 Å². The fraction of sp³-hybridized carbons (Fsp3) is 0.667. The summed E-state index contributed by atoms with van der Waals surface area (Å²) in [6.45, 7) is 17.2. The summed E-state index contributed by atoms with van der Waals surface area (Å²) in [5.74, 6) is 0. The molecule has 0 bridgehead atoms. The van der Waals surface area contributed by atoms with Crippen molar-refractivity contribution < 1.29 is 8.42 Å². The van der Waals surface area contributed by atoms with E-state index in [4.69, 9.17) is 0 Å². The Balaban J connectivity index is 3.68. The summed E-state index contributed by atoms with van der Waals surface area (Å²) in [5, 5.41) is 0. The summed E-state index contributed by atoms with van der Waals surface area (Å²) in [5.41, 5.74) is 1.63. The highest BCUT2D eigenvalue weighted by Gasteiger charge is 2.30. The van der Waals surface area contributed by atoms with Gasteiger partial charge in [0, 0.05) is 13.1 Å². The zero-order chi connectivity index (χ0) is 17.3. The third-order valence-corrected chi connectivity index (χ3v) is 6.07. The predicted octanol–water partition coefficient (Wildman–Crippen LogP) is 4.31. The van der Waals surface area contributed by atoms with Crippen LogP contribution in [0, 0.1) is 0 Å². The highest BCUT2D eigenvalue weighted by Crippen LogP contribution is 2.34. The maximum Gasteiger partial charge on any atom is 0.243 e. The van der Waals surface area contributed by atoms with Gasteiger partial charge in [-0.2, -0.15) is 4.31 Å².